The molecule has 0 amide bonds. The molecule has 94 valence electrons. The smallest absolute Gasteiger partial charge is 0.327 e. The predicted molar refractivity (Wildman–Crippen MR) is 71.9 cm³/mol. The number of nitrogens with zero attached hydrogens (tertiary/aromatic N) is 1. The summed E-state index contributed by atoms with van der Waals surface area (Å²) in [6, 6.07) is 6.88. The summed E-state index contributed by atoms with van der Waals surface area (Å²) in [4.78, 5) is 15.6. The molecule has 18 heavy (non-hydrogen) atoms. The zero-order chi connectivity index (χ0) is 13.1. The van der Waals surface area contributed by atoms with Crippen molar-refractivity contribution in [3.63, 3.8) is 0 Å². The van der Waals surface area contributed by atoms with Gasteiger partial charge in [-0.1, -0.05) is 11.6 Å². The van der Waals surface area contributed by atoms with Gasteiger partial charge in [0.1, 0.15) is 6.04 Å². The van der Waals surface area contributed by atoms with Gasteiger partial charge in [0.2, 0.25) is 0 Å². The predicted octanol–water partition coefficient (Wildman–Crippen LogP) is 2.86. The van der Waals surface area contributed by atoms with Gasteiger partial charge in [-0.05, 0) is 31.2 Å². The van der Waals surface area contributed by atoms with E-state index in [1.54, 1.807) is 19.2 Å². The Bertz CT molecular complexity index is 586. The highest BCUT2D eigenvalue weighted by Gasteiger charge is 2.14. The number of fused-ring (bicyclic) bond motifs is 1. The molecule has 0 fully saturated rings. The second-order valence-corrected chi connectivity index (χ2v) is 4.29. The number of benzene rings is 1. The molecule has 1 aromatic carbocycles. The Kier molecular flexibility index (Phi) is 3.67. The van der Waals surface area contributed by atoms with E-state index in [1.807, 2.05) is 18.2 Å². The lowest BCUT2D eigenvalue weighted by Crippen LogP contribution is -2.27. The molecule has 2 rings (SSSR count). The fourth-order valence-electron chi connectivity index (χ4n) is 1.73. The summed E-state index contributed by atoms with van der Waals surface area (Å²) in [5.41, 5.74) is 1.52. The van der Waals surface area contributed by atoms with Crippen LogP contribution >= 0.6 is 11.6 Å². The van der Waals surface area contributed by atoms with E-state index in [0.717, 1.165) is 11.1 Å². The lowest BCUT2D eigenvalue weighted by molar-refractivity contribution is -0.141. The maximum absolute atomic E-state index is 11.4. The normalized spacial score (nSPS) is 12.2. The molecule has 2 aromatic rings. The number of rotatable bonds is 3. The van der Waals surface area contributed by atoms with Gasteiger partial charge < -0.3 is 10.1 Å². The van der Waals surface area contributed by atoms with Crippen molar-refractivity contribution in [2.24, 2.45) is 0 Å². The van der Waals surface area contributed by atoms with E-state index in [1.165, 1.54) is 7.11 Å². The summed E-state index contributed by atoms with van der Waals surface area (Å²) >= 11 is 6.07. The second kappa shape index (κ2) is 5.23. The number of carbonyl (C=O) groups excluding carboxylic acids is 1. The van der Waals surface area contributed by atoms with Crippen LogP contribution in [0.15, 0.2) is 30.5 Å². The molecule has 1 atom stereocenters. The average molecular weight is 265 g/mol. The average Bonchev–Trinajstić information content (AvgIpc) is 2.41. The summed E-state index contributed by atoms with van der Waals surface area (Å²) in [5.74, 6) is -0.318. The highest BCUT2D eigenvalue weighted by atomic mass is 35.5. The number of hydrogen-bond donors (Lipinski definition) is 1. The Morgan fingerprint density at radius 3 is 2.94 bits per heavy atom. The molecule has 4 nitrogen and oxygen atoms in total. The minimum Gasteiger partial charge on any atom is -0.467 e. The van der Waals surface area contributed by atoms with Gasteiger partial charge in [0.05, 0.1) is 17.6 Å². The highest BCUT2D eigenvalue weighted by Crippen LogP contribution is 2.28. The van der Waals surface area contributed by atoms with Crippen LogP contribution in [0.3, 0.4) is 0 Å². The Morgan fingerprint density at radius 1 is 1.44 bits per heavy atom. The molecule has 0 saturated carbocycles. The molecule has 1 unspecified atom stereocenters. The molecule has 1 heterocycles. The van der Waals surface area contributed by atoms with Crippen molar-refractivity contribution >= 4 is 34.2 Å². The molecule has 0 aliphatic heterocycles. The Morgan fingerprint density at radius 2 is 2.22 bits per heavy atom. The van der Waals surface area contributed by atoms with E-state index in [4.69, 9.17) is 11.6 Å². The molecule has 1 aromatic heterocycles. The van der Waals surface area contributed by atoms with Crippen LogP contribution in [0.5, 0.6) is 0 Å². The summed E-state index contributed by atoms with van der Waals surface area (Å²) in [6.45, 7) is 1.74. The van der Waals surface area contributed by atoms with Crippen LogP contribution in [0.25, 0.3) is 10.9 Å². The number of carbonyl (C=O) groups is 1. The molecular weight excluding hydrogens is 252 g/mol. The van der Waals surface area contributed by atoms with Crippen molar-refractivity contribution in [1.82, 2.24) is 4.98 Å². The number of aromatic nitrogens is 1. The van der Waals surface area contributed by atoms with Crippen molar-refractivity contribution in [3.05, 3.63) is 35.5 Å². The first-order chi connectivity index (χ1) is 8.63. The van der Waals surface area contributed by atoms with Gasteiger partial charge >= 0.3 is 5.97 Å². The van der Waals surface area contributed by atoms with Gasteiger partial charge in [0.25, 0.3) is 0 Å². The lowest BCUT2D eigenvalue weighted by atomic mass is 10.1. The zero-order valence-corrected chi connectivity index (χ0v) is 10.9. The molecule has 0 aliphatic carbocycles. The molecule has 0 spiro atoms. The quantitative estimate of drug-likeness (QED) is 0.866. The third kappa shape index (κ3) is 2.38. The maximum Gasteiger partial charge on any atom is 0.327 e. The van der Waals surface area contributed by atoms with Crippen molar-refractivity contribution < 1.29 is 9.53 Å². The number of methoxy groups -OCH3 is 1. The van der Waals surface area contributed by atoms with E-state index in [9.17, 15) is 4.79 Å². The van der Waals surface area contributed by atoms with E-state index in [0.29, 0.717) is 10.5 Å². The first kappa shape index (κ1) is 12.6. The second-order valence-electron chi connectivity index (χ2n) is 3.88. The first-order valence-corrected chi connectivity index (χ1v) is 5.89. The Hall–Kier alpha value is -1.81. The van der Waals surface area contributed by atoms with Crippen molar-refractivity contribution in [3.8, 4) is 0 Å². The van der Waals surface area contributed by atoms with E-state index in [2.05, 4.69) is 15.0 Å². The summed E-state index contributed by atoms with van der Waals surface area (Å²) in [6.07, 6.45) is 1.68. The van der Waals surface area contributed by atoms with Crippen LogP contribution in [0, 0.1) is 0 Å². The van der Waals surface area contributed by atoms with Crippen LogP contribution in [0.1, 0.15) is 6.92 Å². The van der Waals surface area contributed by atoms with E-state index in [-0.39, 0.29) is 5.97 Å². The summed E-state index contributed by atoms with van der Waals surface area (Å²) < 4.78 is 4.68. The van der Waals surface area contributed by atoms with Gasteiger partial charge in [0.15, 0.2) is 0 Å². The number of ether oxygens (including phenoxy) is 1. The van der Waals surface area contributed by atoms with Crippen molar-refractivity contribution in [2.45, 2.75) is 13.0 Å². The largest absolute Gasteiger partial charge is 0.467 e. The molecule has 5 heteroatoms. The topological polar surface area (TPSA) is 51.2 Å². The molecule has 1 N–H and O–H groups in total. The molecule has 0 saturated heterocycles. The molecular formula is C13H13ClN2O2. The third-order valence-corrected chi connectivity index (χ3v) is 2.95. The fraction of sp³-hybridized carbons (Fsp3) is 0.231. The Labute approximate surface area is 110 Å². The third-order valence-electron chi connectivity index (χ3n) is 2.65. The van der Waals surface area contributed by atoms with Crippen LogP contribution in [0.2, 0.25) is 5.02 Å². The first-order valence-electron chi connectivity index (χ1n) is 5.51. The lowest BCUT2D eigenvalue weighted by Gasteiger charge is -2.15. The number of hydrogen-bond acceptors (Lipinski definition) is 4. The molecule has 0 bridgehead atoms. The van der Waals surface area contributed by atoms with E-state index >= 15 is 0 Å². The van der Waals surface area contributed by atoms with Crippen molar-refractivity contribution in [2.75, 3.05) is 12.4 Å². The van der Waals surface area contributed by atoms with Gasteiger partial charge in [-0.15, -0.1) is 0 Å². The number of pyridine rings is 1. The number of halogens is 1. The highest BCUT2D eigenvalue weighted by molar-refractivity contribution is 6.35. The molecule has 0 radical (unpaired) electrons. The standard InChI is InChI=1S/C13H13ClN2O2/c1-8(13(17)18-2)16-11-6-5-10(14)12-9(11)4-3-7-15-12/h3-8,16H,1-2H3. The van der Waals surface area contributed by atoms with Crippen LogP contribution in [-0.4, -0.2) is 24.1 Å². The van der Waals surface area contributed by atoms with Gasteiger partial charge in [0, 0.05) is 17.3 Å². The number of esters is 1. The monoisotopic (exact) mass is 264 g/mol. The maximum atomic E-state index is 11.4. The minimum atomic E-state index is -0.431. The minimum absolute atomic E-state index is 0.318. The zero-order valence-electron chi connectivity index (χ0n) is 10.1. The van der Waals surface area contributed by atoms with Crippen LogP contribution < -0.4 is 5.32 Å². The summed E-state index contributed by atoms with van der Waals surface area (Å²) in [5, 5.41) is 4.55. The SMILES string of the molecule is COC(=O)C(C)Nc1ccc(Cl)c2ncccc12. The number of nitrogens with one attached hydrogen (secondary N) is 1. The van der Waals surface area contributed by atoms with Gasteiger partial charge in [-0.25, -0.2) is 4.79 Å². The van der Waals surface area contributed by atoms with Gasteiger partial charge in [-0.2, -0.15) is 0 Å². The van der Waals surface area contributed by atoms with Crippen LogP contribution in [0.4, 0.5) is 5.69 Å². The molecule has 0 aliphatic rings. The van der Waals surface area contributed by atoms with Gasteiger partial charge in [-0.3, -0.25) is 4.98 Å². The fourth-order valence-corrected chi connectivity index (χ4v) is 1.95. The number of anilines is 1. The Balaban J connectivity index is 2.40. The van der Waals surface area contributed by atoms with Crippen LogP contribution in [-0.2, 0) is 9.53 Å². The van der Waals surface area contributed by atoms with Crippen molar-refractivity contribution in [1.29, 1.82) is 0 Å². The van der Waals surface area contributed by atoms with E-state index < -0.39 is 6.04 Å². The summed E-state index contributed by atoms with van der Waals surface area (Å²) in [7, 11) is 1.36.